The van der Waals surface area contributed by atoms with E-state index in [0.717, 1.165) is 12.8 Å². The van der Waals surface area contributed by atoms with Crippen molar-refractivity contribution in [3.8, 4) is 0 Å². The van der Waals surface area contributed by atoms with E-state index in [1.54, 1.807) is 18.2 Å². The fraction of sp³-hybridized carbons (Fsp3) is 0.538. The number of carbonyl (C=O) groups is 1. The molecule has 1 amide bonds. The van der Waals surface area contributed by atoms with E-state index in [-0.39, 0.29) is 11.9 Å². The van der Waals surface area contributed by atoms with Crippen LogP contribution >= 0.6 is 0 Å². The SMILES string of the molecule is CCC(CC)C(C)NC(=O)c1cccc(N)n1. The van der Waals surface area contributed by atoms with Crippen LogP contribution in [0.1, 0.15) is 44.1 Å². The van der Waals surface area contributed by atoms with E-state index in [2.05, 4.69) is 24.1 Å². The zero-order valence-electron chi connectivity index (χ0n) is 10.7. The molecule has 1 atom stereocenters. The normalized spacial score (nSPS) is 12.5. The number of carbonyl (C=O) groups excluding carboxylic acids is 1. The Balaban J connectivity index is 2.66. The van der Waals surface area contributed by atoms with Crippen LogP contribution in [0.4, 0.5) is 5.82 Å². The first-order valence-corrected chi connectivity index (χ1v) is 6.11. The molecule has 0 spiro atoms. The molecule has 1 aromatic rings. The lowest BCUT2D eigenvalue weighted by atomic mass is 9.95. The molecule has 0 aliphatic rings. The number of pyridine rings is 1. The topological polar surface area (TPSA) is 68.0 Å². The maximum atomic E-state index is 11.9. The largest absolute Gasteiger partial charge is 0.384 e. The molecular weight excluding hydrogens is 214 g/mol. The molecule has 1 aromatic heterocycles. The van der Waals surface area contributed by atoms with Crippen molar-refractivity contribution in [2.75, 3.05) is 5.73 Å². The third kappa shape index (κ3) is 3.73. The molecule has 0 aromatic carbocycles. The van der Waals surface area contributed by atoms with Crippen LogP contribution in [0.3, 0.4) is 0 Å². The van der Waals surface area contributed by atoms with Gasteiger partial charge in [-0.2, -0.15) is 0 Å². The number of rotatable bonds is 5. The first-order chi connectivity index (χ1) is 8.08. The zero-order chi connectivity index (χ0) is 12.8. The molecule has 0 fully saturated rings. The number of nitrogens with two attached hydrogens (primary N) is 1. The van der Waals surface area contributed by atoms with Gasteiger partial charge in [-0.25, -0.2) is 4.98 Å². The monoisotopic (exact) mass is 235 g/mol. The van der Waals surface area contributed by atoms with Gasteiger partial charge in [0.05, 0.1) is 0 Å². The van der Waals surface area contributed by atoms with Crippen LogP contribution in [-0.2, 0) is 0 Å². The van der Waals surface area contributed by atoms with Gasteiger partial charge in [0, 0.05) is 6.04 Å². The third-order valence-corrected chi connectivity index (χ3v) is 3.12. The predicted octanol–water partition coefficient (Wildman–Crippen LogP) is 2.22. The summed E-state index contributed by atoms with van der Waals surface area (Å²) in [6.07, 6.45) is 2.12. The van der Waals surface area contributed by atoms with Crippen LogP contribution in [0.25, 0.3) is 0 Å². The van der Waals surface area contributed by atoms with Crippen LogP contribution in [0.2, 0.25) is 0 Å². The summed E-state index contributed by atoms with van der Waals surface area (Å²) in [5.41, 5.74) is 5.93. The average Bonchev–Trinajstić information content (AvgIpc) is 2.30. The van der Waals surface area contributed by atoms with Crippen molar-refractivity contribution >= 4 is 11.7 Å². The van der Waals surface area contributed by atoms with Crippen LogP contribution in [0.15, 0.2) is 18.2 Å². The van der Waals surface area contributed by atoms with Gasteiger partial charge in [0.15, 0.2) is 0 Å². The van der Waals surface area contributed by atoms with Gasteiger partial charge in [0.1, 0.15) is 11.5 Å². The molecule has 1 rings (SSSR count). The summed E-state index contributed by atoms with van der Waals surface area (Å²) in [4.78, 5) is 15.9. The number of nitrogen functional groups attached to an aromatic ring is 1. The lowest BCUT2D eigenvalue weighted by Crippen LogP contribution is -2.38. The maximum Gasteiger partial charge on any atom is 0.270 e. The minimum Gasteiger partial charge on any atom is -0.384 e. The minimum atomic E-state index is -0.156. The summed E-state index contributed by atoms with van der Waals surface area (Å²) in [7, 11) is 0. The fourth-order valence-corrected chi connectivity index (χ4v) is 1.97. The van der Waals surface area contributed by atoms with Crippen LogP contribution in [-0.4, -0.2) is 16.9 Å². The van der Waals surface area contributed by atoms with Gasteiger partial charge in [-0.05, 0) is 25.0 Å². The second-order valence-corrected chi connectivity index (χ2v) is 4.29. The molecule has 17 heavy (non-hydrogen) atoms. The quantitative estimate of drug-likeness (QED) is 0.822. The van der Waals surface area contributed by atoms with Crippen molar-refractivity contribution in [3.05, 3.63) is 23.9 Å². The lowest BCUT2D eigenvalue weighted by Gasteiger charge is -2.22. The van der Waals surface area contributed by atoms with Crippen molar-refractivity contribution in [1.82, 2.24) is 10.3 Å². The van der Waals surface area contributed by atoms with Gasteiger partial charge in [0.2, 0.25) is 0 Å². The van der Waals surface area contributed by atoms with Gasteiger partial charge in [-0.1, -0.05) is 32.8 Å². The Bertz CT molecular complexity index is 375. The highest BCUT2D eigenvalue weighted by Crippen LogP contribution is 2.13. The maximum absolute atomic E-state index is 11.9. The van der Waals surface area contributed by atoms with Crippen molar-refractivity contribution in [1.29, 1.82) is 0 Å². The molecule has 0 bridgehead atoms. The second kappa shape index (κ2) is 6.23. The number of hydrogen-bond acceptors (Lipinski definition) is 3. The summed E-state index contributed by atoms with van der Waals surface area (Å²) in [6.45, 7) is 6.30. The predicted molar refractivity (Wildman–Crippen MR) is 69.6 cm³/mol. The van der Waals surface area contributed by atoms with Crippen molar-refractivity contribution < 1.29 is 4.79 Å². The number of nitrogens with zero attached hydrogens (tertiary/aromatic N) is 1. The molecule has 0 saturated heterocycles. The standard InChI is InChI=1S/C13H21N3O/c1-4-10(5-2)9(3)15-13(17)11-7-6-8-12(14)16-11/h6-10H,4-5H2,1-3H3,(H2,14,16)(H,15,17). The van der Waals surface area contributed by atoms with Crippen LogP contribution in [0, 0.1) is 5.92 Å². The molecule has 3 N–H and O–H groups in total. The summed E-state index contributed by atoms with van der Waals surface area (Å²) in [6, 6.07) is 5.23. The van der Waals surface area contributed by atoms with Gasteiger partial charge in [-0.15, -0.1) is 0 Å². The van der Waals surface area contributed by atoms with E-state index in [0.29, 0.717) is 17.4 Å². The first-order valence-electron chi connectivity index (χ1n) is 6.11. The molecule has 0 aliphatic carbocycles. The fourth-order valence-electron chi connectivity index (χ4n) is 1.97. The molecule has 1 heterocycles. The highest BCUT2D eigenvalue weighted by atomic mass is 16.1. The van der Waals surface area contributed by atoms with E-state index in [9.17, 15) is 4.79 Å². The van der Waals surface area contributed by atoms with Gasteiger partial charge < -0.3 is 11.1 Å². The number of amides is 1. The van der Waals surface area contributed by atoms with Gasteiger partial charge in [0.25, 0.3) is 5.91 Å². The first kappa shape index (κ1) is 13.5. The Hall–Kier alpha value is -1.58. The molecule has 0 saturated carbocycles. The van der Waals surface area contributed by atoms with E-state index in [1.807, 2.05) is 6.92 Å². The van der Waals surface area contributed by atoms with E-state index in [1.165, 1.54) is 0 Å². The van der Waals surface area contributed by atoms with E-state index in [4.69, 9.17) is 5.73 Å². The molecular formula is C13H21N3O. The highest BCUT2D eigenvalue weighted by molar-refractivity contribution is 5.92. The Morgan fingerprint density at radius 2 is 2.06 bits per heavy atom. The Morgan fingerprint density at radius 3 is 2.59 bits per heavy atom. The van der Waals surface area contributed by atoms with E-state index >= 15 is 0 Å². The summed E-state index contributed by atoms with van der Waals surface area (Å²) >= 11 is 0. The van der Waals surface area contributed by atoms with Gasteiger partial charge >= 0.3 is 0 Å². The van der Waals surface area contributed by atoms with Crippen molar-refractivity contribution in [2.45, 2.75) is 39.7 Å². The number of hydrogen-bond donors (Lipinski definition) is 2. The zero-order valence-corrected chi connectivity index (χ0v) is 10.7. The average molecular weight is 235 g/mol. The molecule has 4 heteroatoms. The lowest BCUT2D eigenvalue weighted by molar-refractivity contribution is 0.0920. The smallest absolute Gasteiger partial charge is 0.270 e. The molecule has 4 nitrogen and oxygen atoms in total. The Labute approximate surface area is 103 Å². The molecule has 1 unspecified atom stereocenters. The Kier molecular flexibility index (Phi) is 4.94. The molecule has 94 valence electrons. The summed E-state index contributed by atoms with van der Waals surface area (Å²) in [5, 5.41) is 2.97. The third-order valence-electron chi connectivity index (χ3n) is 3.12. The second-order valence-electron chi connectivity index (χ2n) is 4.29. The molecule has 0 radical (unpaired) electrons. The number of aromatic nitrogens is 1. The van der Waals surface area contributed by atoms with Crippen LogP contribution in [0.5, 0.6) is 0 Å². The minimum absolute atomic E-state index is 0.153. The number of nitrogens with one attached hydrogen (secondary N) is 1. The Morgan fingerprint density at radius 1 is 1.41 bits per heavy atom. The number of anilines is 1. The summed E-state index contributed by atoms with van der Waals surface area (Å²) in [5.74, 6) is 0.713. The molecule has 0 aliphatic heterocycles. The summed E-state index contributed by atoms with van der Waals surface area (Å²) < 4.78 is 0. The van der Waals surface area contributed by atoms with E-state index < -0.39 is 0 Å². The van der Waals surface area contributed by atoms with Crippen molar-refractivity contribution in [3.63, 3.8) is 0 Å². The van der Waals surface area contributed by atoms with Crippen molar-refractivity contribution in [2.24, 2.45) is 5.92 Å². The van der Waals surface area contributed by atoms with Gasteiger partial charge in [-0.3, -0.25) is 4.79 Å². The highest BCUT2D eigenvalue weighted by Gasteiger charge is 2.17. The van der Waals surface area contributed by atoms with Crippen LogP contribution < -0.4 is 11.1 Å².